The van der Waals surface area contributed by atoms with Gasteiger partial charge in [-0.3, -0.25) is 4.79 Å². The van der Waals surface area contributed by atoms with Crippen molar-refractivity contribution >= 4 is 19.1 Å². The van der Waals surface area contributed by atoms with Crippen molar-refractivity contribution in [2.24, 2.45) is 0 Å². The molecule has 4 rings (SSSR count). The molecule has 2 aliphatic heterocycles. The lowest BCUT2D eigenvalue weighted by molar-refractivity contribution is -0.137. The van der Waals surface area contributed by atoms with E-state index in [4.69, 9.17) is 9.31 Å². The van der Waals surface area contributed by atoms with Gasteiger partial charge in [-0.2, -0.15) is 13.2 Å². The molecule has 0 bridgehead atoms. The van der Waals surface area contributed by atoms with E-state index in [0.29, 0.717) is 24.0 Å². The summed E-state index contributed by atoms with van der Waals surface area (Å²) in [6.45, 7) is 8.10. The van der Waals surface area contributed by atoms with Gasteiger partial charge in [0, 0.05) is 24.6 Å². The Hall–Kier alpha value is -2.58. The highest BCUT2D eigenvalue weighted by atomic mass is 19.4. The Morgan fingerprint density at radius 3 is 2.06 bits per heavy atom. The van der Waals surface area contributed by atoms with Crippen molar-refractivity contribution in [2.45, 2.75) is 56.8 Å². The number of benzene rings is 2. The van der Waals surface area contributed by atoms with E-state index < -0.39 is 35.5 Å². The Balaban J connectivity index is 1.84. The predicted octanol–water partition coefficient (Wildman–Crippen LogP) is 5.59. The number of hydrogen-bond donors (Lipinski definition) is 0. The maximum absolute atomic E-state index is 13.3. The van der Waals surface area contributed by atoms with Crippen LogP contribution in [0.4, 0.5) is 13.2 Å². The van der Waals surface area contributed by atoms with Gasteiger partial charge in [0.15, 0.2) is 0 Å². The maximum atomic E-state index is 13.3. The van der Waals surface area contributed by atoms with Crippen LogP contribution in [0.5, 0.6) is 0 Å². The zero-order chi connectivity index (χ0) is 24.9. The van der Waals surface area contributed by atoms with Gasteiger partial charge in [0.2, 0.25) is 0 Å². The molecule has 2 heterocycles. The highest BCUT2D eigenvalue weighted by molar-refractivity contribution is 6.46. The summed E-state index contributed by atoms with van der Waals surface area (Å²) in [7, 11) is 1.07. The summed E-state index contributed by atoms with van der Waals surface area (Å²) in [5, 5.41) is 0. The van der Waals surface area contributed by atoms with E-state index >= 15 is 0 Å². The van der Waals surface area contributed by atoms with Crippen LogP contribution >= 0.6 is 0 Å². The van der Waals surface area contributed by atoms with E-state index in [2.05, 4.69) is 0 Å². The van der Waals surface area contributed by atoms with Gasteiger partial charge in [-0.15, -0.1) is 0 Å². The molecule has 0 aliphatic carbocycles. The van der Waals surface area contributed by atoms with Crippen molar-refractivity contribution in [1.29, 1.82) is 0 Å². The van der Waals surface area contributed by atoms with Crippen molar-refractivity contribution in [2.75, 3.05) is 13.6 Å². The summed E-state index contributed by atoms with van der Waals surface area (Å²) in [5.41, 5.74) is -0.814. The van der Waals surface area contributed by atoms with Crippen LogP contribution in [0.25, 0.3) is 6.08 Å². The molecule has 1 atom stereocenters. The second-order valence-electron chi connectivity index (χ2n) is 10.2. The lowest BCUT2D eigenvalue weighted by Gasteiger charge is -2.32. The van der Waals surface area contributed by atoms with Crippen LogP contribution in [0.3, 0.4) is 0 Å². The first-order valence-electron chi connectivity index (χ1n) is 11.3. The first-order chi connectivity index (χ1) is 15.8. The fourth-order valence-corrected chi connectivity index (χ4v) is 4.74. The molecule has 2 aromatic carbocycles. The molecule has 4 nitrogen and oxygen atoms in total. The van der Waals surface area contributed by atoms with Gasteiger partial charge in [0.05, 0.1) is 16.8 Å². The molecule has 1 amide bonds. The Morgan fingerprint density at radius 1 is 0.971 bits per heavy atom. The van der Waals surface area contributed by atoms with Crippen LogP contribution in [-0.4, -0.2) is 42.7 Å². The summed E-state index contributed by atoms with van der Waals surface area (Å²) in [5.74, 6) is -0.166. The third kappa shape index (κ3) is 4.29. The van der Waals surface area contributed by atoms with E-state index in [0.717, 1.165) is 17.7 Å². The fraction of sp³-hybridized carbons (Fsp3) is 0.423. The summed E-state index contributed by atoms with van der Waals surface area (Å²) in [4.78, 5) is 15.0. The average Bonchev–Trinajstić information content (AvgIpc) is 3.10. The molecular formula is C26H29BF3NO3. The Bertz CT molecular complexity index is 1080. The largest absolute Gasteiger partial charge is 0.459 e. The molecule has 2 fully saturated rings. The Morgan fingerprint density at radius 2 is 1.53 bits per heavy atom. The number of hydrogen-bond acceptors (Lipinski definition) is 3. The molecule has 0 saturated carbocycles. The molecule has 34 heavy (non-hydrogen) atoms. The third-order valence-corrected chi connectivity index (χ3v) is 7.29. The van der Waals surface area contributed by atoms with Gasteiger partial charge in [0.1, 0.15) is 0 Å². The van der Waals surface area contributed by atoms with E-state index in [1.807, 2.05) is 64.1 Å². The predicted molar refractivity (Wildman–Crippen MR) is 126 cm³/mol. The normalized spacial score (nSPS) is 25.4. The van der Waals surface area contributed by atoms with Crippen molar-refractivity contribution in [3.05, 3.63) is 76.9 Å². The van der Waals surface area contributed by atoms with E-state index in [-0.39, 0.29) is 5.91 Å². The van der Waals surface area contributed by atoms with Gasteiger partial charge in [-0.1, -0.05) is 42.5 Å². The molecule has 0 N–H and O–H groups in total. The number of likely N-dealkylation sites (tertiary alicyclic amines) is 1. The molecule has 2 saturated heterocycles. The van der Waals surface area contributed by atoms with E-state index in [1.54, 1.807) is 11.9 Å². The number of rotatable bonds is 4. The zero-order valence-electron chi connectivity index (χ0n) is 20.1. The minimum atomic E-state index is -4.44. The molecule has 0 radical (unpaired) electrons. The van der Waals surface area contributed by atoms with Gasteiger partial charge in [-0.05, 0) is 63.4 Å². The first-order valence-corrected chi connectivity index (χ1v) is 11.3. The van der Waals surface area contributed by atoms with Crippen LogP contribution in [0.1, 0.15) is 44.4 Å². The monoisotopic (exact) mass is 471 g/mol. The number of halogens is 3. The zero-order valence-corrected chi connectivity index (χ0v) is 20.1. The Kier molecular flexibility index (Phi) is 5.97. The van der Waals surface area contributed by atoms with Crippen LogP contribution < -0.4 is 0 Å². The lowest BCUT2D eigenvalue weighted by Crippen LogP contribution is -2.41. The fourth-order valence-electron chi connectivity index (χ4n) is 4.74. The summed E-state index contributed by atoms with van der Waals surface area (Å²) in [6, 6.07) is 14.5. The first kappa shape index (κ1) is 24.5. The molecule has 0 unspecified atom stereocenters. The highest BCUT2D eigenvalue weighted by Crippen LogP contribution is 2.48. The lowest BCUT2D eigenvalue weighted by atomic mass is 9.61. The number of likely N-dealkylation sites (N-methyl/N-ethyl adjacent to an activating group) is 1. The van der Waals surface area contributed by atoms with E-state index in [9.17, 15) is 18.0 Å². The number of carbonyl (C=O) groups is 1. The van der Waals surface area contributed by atoms with Crippen molar-refractivity contribution in [3.8, 4) is 0 Å². The molecular weight excluding hydrogens is 442 g/mol. The minimum absolute atomic E-state index is 0.166. The molecule has 8 heteroatoms. The second kappa shape index (κ2) is 8.27. The van der Waals surface area contributed by atoms with Crippen LogP contribution in [0.2, 0.25) is 6.32 Å². The maximum Gasteiger partial charge on any atom is 0.459 e. The summed E-state index contributed by atoms with van der Waals surface area (Å²) < 4.78 is 52.3. The molecule has 0 aromatic heterocycles. The van der Waals surface area contributed by atoms with Crippen LogP contribution in [-0.2, 0) is 25.7 Å². The summed E-state index contributed by atoms with van der Waals surface area (Å²) in [6.07, 6.45) is -2.32. The molecule has 180 valence electrons. The standard InChI is InChI=1S/C26H29BF3NO3/c1-23(2)24(3,4)34-27(33-23)16-25(19-11-13-20(14-12-19)26(28,29)30)17-31(5)22(32)21(25)15-18-9-7-6-8-10-18/h6-15H,16-17H2,1-5H3/b21-15+/t25-/m0/s1. The SMILES string of the molecule is CN1C[C@@](CB2OC(C)(C)C(C)(C)O2)(c2ccc(C(F)(F)F)cc2)/C(=C/c2ccccc2)C1=O. The number of nitrogens with zero attached hydrogens (tertiary/aromatic N) is 1. The van der Waals surface area contributed by atoms with Crippen LogP contribution in [0, 0.1) is 0 Å². The number of carbonyl (C=O) groups excluding carboxylic acids is 1. The average molecular weight is 471 g/mol. The molecule has 2 aromatic rings. The van der Waals surface area contributed by atoms with Crippen LogP contribution in [0.15, 0.2) is 60.2 Å². The van der Waals surface area contributed by atoms with Crippen molar-refractivity contribution in [3.63, 3.8) is 0 Å². The molecule has 0 spiro atoms. The highest BCUT2D eigenvalue weighted by Gasteiger charge is 2.57. The minimum Gasteiger partial charge on any atom is -0.403 e. The van der Waals surface area contributed by atoms with Crippen molar-refractivity contribution < 1.29 is 27.3 Å². The topological polar surface area (TPSA) is 38.8 Å². The number of alkyl halides is 3. The quantitative estimate of drug-likeness (QED) is 0.431. The smallest absolute Gasteiger partial charge is 0.403 e. The Labute approximate surface area is 198 Å². The van der Waals surface area contributed by atoms with Gasteiger partial charge in [0.25, 0.3) is 5.91 Å². The number of amides is 1. The van der Waals surface area contributed by atoms with Crippen molar-refractivity contribution in [1.82, 2.24) is 4.90 Å². The van der Waals surface area contributed by atoms with Gasteiger partial charge in [-0.25, -0.2) is 0 Å². The molecule has 2 aliphatic rings. The summed E-state index contributed by atoms with van der Waals surface area (Å²) >= 11 is 0. The second-order valence-corrected chi connectivity index (χ2v) is 10.2. The van der Waals surface area contributed by atoms with Gasteiger partial charge >= 0.3 is 13.3 Å². The van der Waals surface area contributed by atoms with Gasteiger partial charge < -0.3 is 14.2 Å². The third-order valence-electron chi connectivity index (χ3n) is 7.29. The van der Waals surface area contributed by atoms with E-state index in [1.165, 1.54) is 12.1 Å².